The van der Waals surface area contributed by atoms with Crippen LogP contribution in [0.4, 0.5) is 0 Å². The number of amides is 1. The normalized spacial score (nSPS) is 20.4. The molecule has 1 aliphatic rings. The van der Waals surface area contributed by atoms with Crippen LogP contribution in [-0.2, 0) is 10.3 Å². The summed E-state index contributed by atoms with van der Waals surface area (Å²) in [7, 11) is 1.63. The minimum Gasteiger partial charge on any atom is -0.369 e. The van der Waals surface area contributed by atoms with Gasteiger partial charge in [-0.25, -0.2) is 9.98 Å². The summed E-state index contributed by atoms with van der Waals surface area (Å²) >= 11 is 1.49. The molecule has 0 saturated heterocycles. The van der Waals surface area contributed by atoms with Crippen molar-refractivity contribution >= 4 is 23.2 Å². The second kappa shape index (κ2) is 6.06. The van der Waals surface area contributed by atoms with E-state index in [0.29, 0.717) is 0 Å². The van der Waals surface area contributed by atoms with Crippen LogP contribution in [0, 0.1) is 11.8 Å². The Bertz CT molecular complexity index is 892. The standard InChI is InChI=1S/C17H17N5OS/c1-4-5-11-6-12(9-19-8-11)15-20-10-13(24-15)17(2)7-14(23)22(3)16(18)21-17/h6,8-10H,7H2,1-3H3,(H2,18,21)/t17-/m0/s1. The number of aromatic nitrogens is 2. The minimum absolute atomic E-state index is 0.0539. The highest BCUT2D eigenvalue weighted by atomic mass is 32.1. The molecule has 2 aromatic rings. The van der Waals surface area contributed by atoms with Crippen molar-refractivity contribution in [3.05, 3.63) is 35.1 Å². The van der Waals surface area contributed by atoms with Gasteiger partial charge in [0.25, 0.3) is 0 Å². The molecule has 0 unspecified atom stereocenters. The van der Waals surface area contributed by atoms with Crippen LogP contribution >= 0.6 is 11.3 Å². The predicted molar refractivity (Wildman–Crippen MR) is 94.3 cm³/mol. The highest BCUT2D eigenvalue weighted by Gasteiger charge is 2.37. The molecule has 2 aromatic heterocycles. The van der Waals surface area contributed by atoms with Crippen molar-refractivity contribution in [3.63, 3.8) is 0 Å². The lowest BCUT2D eigenvalue weighted by molar-refractivity contribution is -0.128. The van der Waals surface area contributed by atoms with Gasteiger partial charge in [-0.15, -0.1) is 17.3 Å². The number of thiazole rings is 1. The van der Waals surface area contributed by atoms with E-state index in [-0.39, 0.29) is 18.3 Å². The molecule has 3 rings (SSSR count). The molecule has 0 bridgehead atoms. The highest BCUT2D eigenvalue weighted by molar-refractivity contribution is 7.15. The lowest BCUT2D eigenvalue weighted by Crippen LogP contribution is -2.47. The van der Waals surface area contributed by atoms with Gasteiger partial charge in [0.2, 0.25) is 5.91 Å². The number of aliphatic imine (C=N–C) groups is 1. The second-order valence-corrected chi connectivity index (χ2v) is 6.77. The van der Waals surface area contributed by atoms with Crippen molar-refractivity contribution in [2.75, 3.05) is 7.05 Å². The molecular formula is C17H17N5OS. The fourth-order valence-corrected chi connectivity index (χ4v) is 3.46. The van der Waals surface area contributed by atoms with Crippen molar-refractivity contribution in [1.29, 1.82) is 0 Å². The fourth-order valence-electron chi connectivity index (χ4n) is 2.48. The van der Waals surface area contributed by atoms with E-state index in [1.165, 1.54) is 16.2 Å². The molecule has 0 aliphatic carbocycles. The first-order valence-electron chi connectivity index (χ1n) is 7.39. The summed E-state index contributed by atoms with van der Waals surface area (Å²) in [4.78, 5) is 27.6. The van der Waals surface area contributed by atoms with Crippen molar-refractivity contribution in [3.8, 4) is 22.4 Å². The Morgan fingerprint density at radius 1 is 1.38 bits per heavy atom. The number of nitrogens with zero attached hydrogens (tertiary/aromatic N) is 4. The summed E-state index contributed by atoms with van der Waals surface area (Å²) in [5.41, 5.74) is 6.92. The van der Waals surface area contributed by atoms with Crippen LogP contribution in [-0.4, -0.2) is 33.8 Å². The van der Waals surface area contributed by atoms with Gasteiger partial charge in [-0.05, 0) is 19.9 Å². The zero-order valence-electron chi connectivity index (χ0n) is 13.7. The largest absolute Gasteiger partial charge is 0.369 e. The van der Waals surface area contributed by atoms with Crippen molar-refractivity contribution in [1.82, 2.24) is 14.9 Å². The van der Waals surface area contributed by atoms with Crippen molar-refractivity contribution in [2.45, 2.75) is 25.8 Å². The molecule has 6 nitrogen and oxygen atoms in total. The topological polar surface area (TPSA) is 84.5 Å². The Morgan fingerprint density at radius 3 is 2.88 bits per heavy atom. The van der Waals surface area contributed by atoms with E-state index in [2.05, 4.69) is 26.8 Å². The zero-order valence-corrected chi connectivity index (χ0v) is 14.5. The maximum Gasteiger partial charge on any atom is 0.231 e. The van der Waals surface area contributed by atoms with Crippen molar-refractivity contribution in [2.24, 2.45) is 10.7 Å². The number of pyridine rings is 1. The number of hydrogen-bond acceptors (Lipinski definition) is 6. The Labute approximate surface area is 144 Å². The van der Waals surface area contributed by atoms with E-state index >= 15 is 0 Å². The predicted octanol–water partition coefficient (Wildman–Crippen LogP) is 1.97. The van der Waals surface area contributed by atoms with E-state index in [1.54, 1.807) is 32.6 Å². The molecule has 24 heavy (non-hydrogen) atoms. The molecule has 7 heteroatoms. The first-order valence-corrected chi connectivity index (χ1v) is 8.21. The summed E-state index contributed by atoms with van der Waals surface area (Å²) in [5.74, 6) is 6.02. The van der Waals surface area contributed by atoms with Gasteiger partial charge >= 0.3 is 0 Å². The van der Waals surface area contributed by atoms with Gasteiger partial charge in [-0.2, -0.15) is 0 Å². The van der Waals surface area contributed by atoms with E-state index in [0.717, 1.165) is 21.0 Å². The molecule has 0 fully saturated rings. The lowest BCUT2D eigenvalue weighted by atomic mass is 9.95. The van der Waals surface area contributed by atoms with Gasteiger partial charge < -0.3 is 5.73 Å². The third kappa shape index (κ3) is 2.88. The van der Waals surface area contributed by atoms with Gasteiger partial charge in [0, 0.05) is 36.8 Å². The van der Waals surface area contributed by atoms with Crippen LogP contribution in [0.1, 0.15) is 30.7 Å². The smallest absolute Gasteiger partial charge is 0.231 e. The number of guanidine groups is 1. The Balaban J connectivity index is 1.97. The monoisotopic (exact) mass is 339 g/mol. The molecular weight excluding hydrogens is 322 g/mol. The maximum absolute atomic E-state index is 12.1. The Morgan fingerprint density at radius 2 is 2.17 bits per heavy atom. The average molecular weight is 339 g/mol. The first-order chi connectivity index (χ1) is 11.4. The van der Waals surface area contributed by atoms with Crippen LogP contribution in [0.25, 0.3) is 10.6 Å². The number of carbonyl (C=O) groups is 1. The van der Waals surface area contributed by atoms with E-state index in [4.69, 9.17) is 5.73 Å². The molecule has 0 spiro atoms. The fraction of sp³-hybridized carbons (Fsp3) is 0.294. The lowest BCUT2D eigenvalue weighted by Gasteiger charge is -2.32. The summed E-state index contributed by atoms with van der Waals surface area (Å²) in [5, 5.41) is 0.818. The second-order valence-electron chi connectivity index (χ2n) is 5.74. The summed E-state index contributed by atoms with van der Waals surface area (Å²) in [6.07, 6.45) is 5.50. The average Bonchev–Trinajstić information content (AvgIpc) is 3.04. The van der Waals surface area contributed by atoms with Crippen LogP contribution < -0.4 is 5.73 Å². The summed E-state index contributed by atoms with van der Waals surface area (Å²) in [6, 6.07) is 1.95. The molecule has 0 radical (unpaired) electrons. The van der Waals surface area contributed by atoms with Crippen LogP contribution in [0.3, 0.4) is 0 Å². The van der Waals surface area contributed by atoms with E-state index in [9.17, 15) is 4.79 Å². The molecule has 0 aromatic carbocycles. The number of hydrogen-bond donors (Lipinski definition) is 1. The molecule has 122 valence electrons. The molecule has 0 saturated carbocycles. The SMILES string of the molecule is CC#Cc1cncc(-c2ncc([C@]3(C)CC(=O)N(C)C(N)=N3)s2)c1. The molecule has 1 amide bonds. The van der Waals surface area contributed by atoms with Crippen LogP contribution in [0.2, 0.25) is 0 Å². The number of carbonyl (C=O) groups excluding carboxylic acids is 1. The summed E-state index contributed by atoms with van der Waals surface area (Å²) in [6.45, 7) is 3.69. The quantitative estimate of drug-likeness (QED) is 0.848. The van der Waals surface area contributed by atoms with Gasteiger partial charge in [0.1, 0.15) is 10.5 Å². The molecule has 2 N–H and O–H groups in total. The van der Waals surface area contributed by atoms with Crippen LogP contribution in [0.15, 0.2) is 29.6 Å². The molecule has 1 aliphatic heterocycles. The van der Waals surface area contributed by atoms with E-state index < -0.39 is 5.54 Å². The van der Waals surface area contributed by atoms with Gasteiger partial charge in [0.05, 0.1) is 11.3 Å². The minimum atomic E-state index is -0.683. The van der Waals surface area contributed by atoms with Crippen molar-refractivity contribution < 1.29 is 4.79 Å². The van der Waals surface area contributed by atoms with Crippen LogP contribution in [0.5, 0.6) is 0 Å². The molecule has 3 heterocycles. The third-order valence-electron chi connectivity index (χ3n) is 3.87. The Kier molecular flexibility index (Phi) is 4.08. The number of rotatable bonds is 2. The summed E-state index contributed by atoms with van der Waals surface area (Å²) < 4.78 is 0. The number of nitrogens with two attached hydrogens (primary N) is 1. The first kappa shape index (κ1) is 16.1. The van der Waals surface area contributed by atoms with Gasteiger partial charge in [0.15, 0.2) is 5.96 Å². The van der Waals surface area contributed by atoms with Gasteiger partial charge in [-0.3, -0.25) is 14.7 Å². The Hall–Kier alpha value is -2.72. The maximum atomic E-state index is 12.1. The van der Waals surface area contributed by atoms with E-state index in [1.807, 2.05) is 13.0 Å². The van der Waals surface area contributed by atoms with Gasteiger partial charge in [-0.1, -0.05) is 5.92 Å². The zero-order chi connectivity index (χ0) is 17.3. The third-order valence-corrected chi connectivity index (χ3v) is 5.17. The highest BCUT2D eigenvalue weighted by Crippen LogP contribution is 2.38. The molecule has 1 atom stereocenters.